The molecule has 3 rings (SSSR count). The van der Waals surface area contributed by atoms with E-state index in [2.05, 4.69) is 28.7 Å². The van der Waals surface area contributed by atoms with Crippen molar-refractivity contribution in [3.05, 3.63) is 52.2 Å². The van der Waals surface area contributed by atoms with Crippen molar-refractivity contribution in [2.75, 3.05) is 26.2 Å². The number of hydrogen-bond donors (Lipinski definition) is 1. The molecule has 1 saturated heterocycles. The lowest BCUT2D eigenvalue weighted by atomic mass is 10.1. The molecule has 2 heterocycles. The van der Waals surface area contributed by atoms with Crippen LogP contribution in [0.5, 0.6) is 5.75 Å². The van der Waals surface area contributed by atoms with Gasteiger partial charge < -0.3 is 14.6 Å². The van der Waals surface area contributed by atoms with Crippen LogP contribution < -0.4 is 4.74 Å². The van der Waals surface area contributed by atoms with Crippen LogP contribution in [0.15, 0.2) is 41.1 Å². The van der Waals surface area contributed by atoms with E-state index in [4.69, 9.17) is 9.47 Å². The van der Waals surface area contributed by atoms with Gasteiger partial charge >= 0.3 is 0 Å². The van der Waals surface area contributed by atoms with Crippen LogP contribution >= 0.6 is 11.3 Å². The van der Waals surface area contributed by atoms with Crippen molar-refractivity contribution in [2.45, 2.75) is 32.2 Å². The second-order valence-corrected chi connectivity index (χ2v) is 7.27. The first-order valence-electron chi connectivity index (χ1n) is 8.37. The maximum atomic E-state index is 10.3. The molecule has 1 aliphatic heterocycles. The van der Waals surface area contributed by atoms with E-state index in [0.717, 1.165) is 24.4 Å². The molecule has 1 aromatic carbocycles. The molecule has 0 spiro atoms. The highest BCUT2D eigenvalue weighted by atomic mass is 32.1. The summed E-state index contributed by atoms with van der Waals surface area (Å²) in [6.45, 7) is 6.66. The number of aryl methyl sites for hydroxylation is 1. The summed E-state index contributed by atoms with van der Waals surface area (Å²) in [5.41, 5.74) is 2.38. The lowest BCUT2D eigenvalue weighted by Crippen LogP contribution is -2.46. The van der Waals surface area contributed by atoms with Crippen LogP contribution in [-0.2, 0) is 4.74 Å². The van der Waals surface area contributed by atoms with E-state index in [-0.39, 0.29) is 12.2 Å². The highest BCUT2D eigenvalue weighted by Gasteiger charge is 2.27. The molecule has 4 nitrogen and oxygen atoms in total. The topological polar surface area (TPSA) is 41.9 Å². The first kappa shape index (κ1) is 17.4. The monoisotopic (exact) mass is 347 g/mol. The van der Waals surface area contributed by atoms with E-state index in [0.29, 0.717) is 13.2 Å². The third-order valence-electron chi connectivity index (χ3n) is 4.15. The number of rotatable bonds is 6. The Bertz CT molecular complexity index is 631. The van der Waals surface area contributed by atoms with E-state index in [9.17, 15) is 5.11 Å². The van der Waals surface area contributed by atoms with Gasteiger partial charge in [-0.15, -0.1) is 0 Å². The van der Waals surface area contributed by atoms with Gasteiger partial charge in [-0.05, 0) is 53.9 Å². The number of morpholine rings is 1. The van der Waals surface area contributed by atoms with Crippen LogP contribution in [0.1, 0.15) is 24.2 Å². The molecule has 1 fully saturated rings. The van der Waals surface area contributed by atoms with Crippen LogP contribution in [0.4, 0.5) is 0 Å². The molecule has 2 aromatic rings. The smallest absolute Gasteiger partial charge is 0.119 e. The van der Waals surface area contributed by atoms with Gasteiger partial charge in [-0.3, -0.25) is 4.90 Å². The highest BCUT2D eigenvalue weighted by Crippen LogP contribution is 2.26. The molecule has 0 amide bonds. The average Bonchev–Trinajstić information content (AvgIpc) is 3.07. The third kappa shape index (κ3) is 4.80. The van der Waals surface area contributed by atoms with Crippen molar-refractivity contribution in [3.8, 4) is 5.75 Å². The number of hydrogen-bond acceptors (Lipinski definition) is 5. The van der Waals surface area contributed by atoms with Crippen molar-refractivity contribution < 1.29 is 14.6 Å². The maximum absolute atomic E-state index is 10.3. The number of β-amino-alcohol motifs (C(OH)–C–C–N with tert-alkyl or cyclic N) is 1. The van der Waals surface area contributed by atoms with E-state index in [1.807, 2.05) is 31.2 Å². The number of thiophene rings is 1. The molecule has 3 atom stereocenters. The second kappa shape index (κ2) is 8.12. The third-order valence-corrected chi connectivity index (χ3v) is 4.85. The minimum atomic E-state index is -0.515. The molecule has 0 radical (unpaired) electrons. The highest BCUT2D eigenvalue weighted by molar-refractivity contribution is 7.07. The lowest BCUT2D eigenvalue weighted by molar-refractivity contribution is -0.0885. The normalized spacial score (nSPS) is 23.1. The van der Waals surface area contributed by atoms with Gasteiger partial charge in [0.2, 0.25) is 0 Å². The number of benzene rings is 1. The van der Waals surface area contributed by atoms with Crippen LogP contribution in [-0.4, -0.2) is 48.5 Å². The van der Waals surface area contributed by atoms with Gasteiger partial charge in [0, 0.05) is 19.6 Å². The molecule has 130 valence electrons. The molecule has 1 aromatic heterocycles. The van der Waals surface area contributed by atoms with Gasteiger partial charge in [-0.2, -0.15) is 11.3 Å². The summed E-state index contributed by atoms with van der Waals surface area (Å²) in [6, 6.07) is 10.0. The van der Waals surface area contributed by atoms with E-state index in [1.165, 1.54) is 5.56 Å². The number of aliphatic hydroxyl groups is 1. The Labute approximate surface area is 147 Å². The van der Waals surface area contributed by atoms with E-state index >= 15 is 0 Å². The van der Waals surface area contributed by atoms with Gasteiger partial charge in [0.1, 0.15) is 18.5 Å². The average molecular weight is 347 g/mol. The zero-order valence-electron chi connectivity index (χ0n) is 14.2. The predicted molar refractivity (Wildman–Crippen MR) is 96.7 cm³/mol. The minimum Gasteiger partial charge on any atom is -0.491 e. The van der Waals surface area contributed by atoms with Crippen molar-refractivity contribution in [3.63, 3.8) is 0 Å². The molecule has 3 unspecified atom stereocenters. The summed E-state index contributed by atoms with van der Waals surface area (Å²) >= 11 is 1.69. The van der Waals surface area contributed by atoms with Crippen LogP contribution in [0.25, 0.3) is 0 Å². The molecule has 5 heteroatoms. The Hall–Kier alpha value is -1.40. The van der Waals surface area contributed by atoms with Gasteiger partial charge in [-0.25, -0.2) is 0 Å². The predicted octanol–water partition coefficient (Wildman–Crippen LogP) is 3.26. The summed E-state index contributed by atoms with van der Waals surface area (Å²) in [5, 5.41) is 14.5. The van der Waals surface area contributed by atoms with E-state index in [1.54, 1.807) is 11.3 Å². The van der Waals surface area contributed by atoms with Crippen molar-refractivity contribution in [1.82, 2.24) is 4.90 Å². The van der Waals surface area contributed by atoms with Gasteiger partial charge in [-0.1, -0.05) is 12.1 Å². The molecule has 0 bridgehead atoms. The van der Waals surface area contributed by atoms with Crippen molar-refractivity contribution >= 4 is 11.3 Å². The fourth-order valence-corrected chi connectivity index (χ4v) is 3.78. The summed E-state index contributed by atoms with van der Waals surface area (Å²) in [5.74, 6) is 0.806. The molecule has 0 aliphatic carbocycles. The van der Waals surface area contributed by atoms with Crippen molar-refractivity contribution in [1.29, 1.82) is 0 Å². The zero-order valence-corrected chi connectivity index (χ0v) is 15.0. The number of nitrogens with zero attached hydrogens (tertiary/aromatic N) is 1. The largest absolute Gasteiger partial charge is 0.491 e. The second-order valence-electron chi connectivity index (χ2n) is 6.49. The Balaban J connectivity index is 1.50. The molecule has 1 N–H and O–H groups in total. The van der Waals surface area contributed by atoms with Crippen LogP contribution in [0.3, 0.4) is 0 Å². The van der Waals surface area contributed by atoms with Gasteiger partial charge in [0.05, 0.1) is 12.2 Å². The molecular formula is C19H25NO3S. The minimum absolute atomic E-state index is 0.0879. The quantitative estimate of drug-likeness (QED) is 0.871. The van der Waals surface area contributed by atoms with Gasteiger partial charge in [0.25, 0.3) is 0 Å². The van der Waals surface area contributed by atoms with Crippen molar-refractivity contribution in [2.24, 2.45) is 0 Å². The summed E-state index contributed by atoms with van der Waals surface area (Å²) in [7, 11) is 0. The fourth-order valence-electron chi connectivity index (χ4n) is 3.08. The standard InChI is InChI=1S/C19H25NO3S/c1-14-4-3-5-18(8-14)22-12-17(21)10-20-9-15(2)23-19(11-20)16-6-7-24-13-16/h3-8,13,15,17,19,21H,9-12H2,1-2H3. The summed E-state index contributed by atoms with van der Waals surface area (Å²) in [6.07, 6.45) is -0.266. The first-order chi connectivity index (χ1) is 11.6. The zero-order chi connectivity index (χ0) is 16.9. The Morgan fingerprint density at radius 1 is 1.38 bits per heavy atom. The summed E-state index contributed by atoms with van der Waals surface area (Å²) in [4.78, 5) is 2.26. The van der Waals surface area contributed by atoms with E-state index < -0.39 is 6.10 Å². The number of ether oxygens (including phenoxy) is 2. The molecule has 1 aliphatic rings. The Morgan fingerprint density at radius 3 is 3.00 bits per heavy atom. The van der Waals surface area contributed by atoms with Crippen LogP contribution in [0, 0.1) is 6.92 Å². The number of aliphatic hydroxyl groups excluding tert-OH is 1. The SMILES string of the molecule is Cc1cccc(OCC(O)CN2CC(C)OC(c3ccsc3)C2)c1. The summed E-state index contributed by atoms with van der Waals surface area (Å²) < 4.78 is 11.7. The maximum Gasteiger partial charge on any atom is 0.119 e. The fraction of sp³-hybridized carbons (Fsp3) is 0.474. The molecule has 24 heavy (non-hydrogen) atoms. The molecule has 0 saturated carbocycles. The lowest BCUT2D eigenvalue weighted by Gasteiger charge is -2.37. The Morgan fingerprint density at radius 2 is 2.25 bits per heavy atom. The molecular weight excluding hydrogens is 322 g/mol. The first-order valence-corrected chi connectivity index (χ1v) is 9.32. The van der Waals surface area contributed by atoms with Crippen LogP contribution in [0.2, 0.25) is 0 Å². The Kier molecular flexibility index (Phi) is 5.89. The van der Waals surface area contributed by atoms with Gasteiger partial charge in [0.15, 0.2) is 0 Å².